The minimum Gasteiger partial charge on any atom is -0.367 e. The van der Waals surface area contributed by atoms with E-state index in [4.69, 9.17) is 4.74 Å². The molecule has 0 unspecified atom stereocenters. The Labute approximate surface area is 147 Å². The molecule has 0 spiro atoms. The van der Waals surface area contributed by atoms with E-state index in [9.17, 15) is 4.79 Å². The third kappa shape index (κ3) is 3.61. The summed E-state index contributed by atoms with van der Waals surface area (Å²) < 4.78 is 6.41. The summed E-state index contributed by atoms with van der Waals surface area (Å²) in [4.78, 5) is 14.9. The van der Waals surface area contributed by atoms with Gasteiger partial charge < -0.3 is 4.74 Å². The van der Waals surface area contributed by atoms with E-state index in [0.717, 1.165) is 30.4 Å². The van der Waals surface area contributed by atoms with Gasteiger partial charge in [-0.15, -0.1) is 11.3 Å². The Morgan fingerprint density at radius 1 is 1.25 bits per heavy atom. The van der Waals surface area contributed by atoms with Crippen LogP contribution in [0.25, 0.3) is 0 Å². The van der Waals surface area contributed by atoms with E-state index in [1.165, 1.54) is 24.0 Å². The fraction of sp³-hybridized carbons (Fsp3) is 0.450. The summed E-state index contributed by atoms with van der Waals surface area (Å²) in [5.74, 6) is 0.889. The van der Waals surface area contributed by atoms with E-state index in [1.807, 2.05) is 6.07 Å². The predicted molar refractivity (Wildman–Crippen MR) is 96.4 cm³/mol. The average Bonchev–Trinajstić information content (AvgIpc) is 3.35. The summed E-state index contributed by atoms with van der Waals surface area (Å²) in [7, 11) is 0. The maximum atomic E-state index is 11.5. The summed E-state index contributed by atoms with van der Waals surface area (Å²) in [5, 5.41) is 2.12. The summed E-state index contributed by atoms with van der Waals surface area (Å²) in [6, 6.07) is 12.6. The van der Waals surface area contributed by atoms with E-state index >= 15 is 0 Å². The lowest BCUT2D eigenvalue weighted by Crippen LogP contribution is -2.44. The second-order valence-corrected chi connectivity index (χ2v) is 7.89. The first-order valence-electron chi connectivity index (χ1n) is 8.70. The molecule has 0 bridgehead atoms. The number of carbonyl (C=O) groups is 1. The van der Waals surface area contributed by atoms with Crippen LogP contribution in [0.5, 0.6) is 0 Å². The first-order chi connectivity index (χ1) is 11.7. The molecule has 1 aromatic heterocycles. The number of ketones is 1. The summed E-state index contributed by atoms with van der Waals surface area (Å²) >= 11 is 1.56. The zero-order valence-electron chi connectivity index (χ0n) is 14.0. The van der Waals surface area contributed by atoms with E-state index in [0.29, 0.717) is 6.10 Å². The molecule has 1 saturated carbocycles. The summed E-state index contributed by atoms with van der Waals surface area (Å²) in [6.07, 6.45) is 3.09. The molecule has 3 nitrogen and oxygen atoms in total. The summed E-state index contributed by atoms with van der Waals surface area (Å²) in [6.45, 7) is 4.45. The van der Waals surface area contributed by atoms with E-state index in [1.54, 1.807) is 18.3 Å². The molecule has 4 rings (SSSR count). The number of morpholine rings is 1. The lowest BCUT2D eigenvalue weighted by atomic mass is 10.0. The minimum absolute atomic E-state index is 0.150. The SMILES string of the molecule is CC(=O)c1cc(CN2C[C@@H](c3ccccc3)O[C@@H](C3CC3)C2)cs1. The summed E-state index contributed by atoms with van der Waals surface area (Å²) in [5.41, 5.74) is 2.51. The van der Waals surface area contributed by atoms with Crippen LogP contribution in [0, 0.1) is 5.92 Å². The molecule has 0 amide bonds. The maximum absolute atomic E-state index is 11.5. The Bertz CT molecular complexity index is 707. The molecule has 24 heavy (non-hydrogen) atoms. The van der Waals surface area contributed by atoms with Crippen LogP contribution in [-0.2, 0) is 11.3 Å². The second-order valence-electron chi connectivity index (χ2n) is 6.98. The van der Waals surface area contributed by atoms with Gasteiger partial charge in [-0.3, -0.25) is 9.69 Å². The monoisotopic (exact) mass is 341 g/mol. The van der Waals surface area contributed by atoms with Gasteiger partial charge in [0.15, 0.2) is 5.78 Å². The van der Waals surface area contributed by atoms with Crippen molar-refractivity contribution in [1.29, 1.82) is 0 Å². The number of nitrogens with zero attached hydrogens (tertiary/aromatic N) is 1. The normalized spacial score (nSPS) is 24.9. The molecule has 2 aromatic rings. The highest BCUT2D eigenvalue weighted by Gasteiger charge is 2.38. The number of carbonyl (C=O) groups excluding carboxylic acids is 1. The van der Waals surface area contributed by atoms with Gasteiger partial charge >= 0.3 is 0 Å². The standard InChI is InChI=1S/C20H23NO2S/c1-14(22)20-9-15(13-24-20)10-21-11-18(16-5-3-2-4-6-16)23-19(12-21)17-7-8-17/h2-6,9,13,17-19H,7-8,10-12H2,1H3/t18-,19+/m0/s1. The average molecular weight is 341 g/mol. The molecule has 2 aliphatic rings. The number of rotatable bonds is 5. The van der Waals surface area contributed by atoms with Crippen LogP contribution >= 0.6 is 11.3 Å². The number of ether oxygens (including phenoxy) is 1. The first-order valence-corrected chi connectivity index (χ1v) is 9.58. The van der Waals surface area contributed by atoms with Gasteiger partial charge in [0.05, 0.1) is 17.1 Å². The zero-order chi connectivity index (χ0) is 16.5. The van der Waals surface area contributed by atoms with Crippen LogP contribution in [0.1, 0.15) is 46.7 Å². The molecule has 1 aromatic carbocycles. The molecule has 2 heterocycles. The quantitative estimate of drug-likeness (QED) is 0.759. The molecule has 4 heteroatoms. The lowest BCUT2D eigenvalue weighted by molar-refractivity contribution is -0.0985. The number of hydrogen-bond donors (Lipinski definition) is 0. The maximum Gasteiger partial charge on any atom is 0.169 e. The number of Topliss-reactive ketones (excluding diaryl/α,β-unsaturated/α-hetero) is 1. The van der Waals surface area contributed by atoms with E-state index < -0.39 is 0 Å². The number of thiophene rings is 1. The van der Waals surface area contributed by atoms with Gasteiger partial charge in [-0.2, -0.15) is 0 Å². The van der Waals surface area contributed by atoms with Gasteiger partial charge in [-0.1, -0.05) is 30.3 Å². The van der Waals surface area contributed by atoms with Crippen molar-refractivity contribution < 1.29 is 9.53 Å². The van der Waals surface area contributed by atoms with Gasteiger partial charge in [0.1, 0.15) is 0 Å². The van der Waals surface area contributed by atoms with Crippen LogP contribution in [0.15, 0.2) is 41.8 Å². The molecule has 0 N–H and O–H groups in total. The first kappa shape index (κ1) is 16.0. The van der Waals surface area contributed by atoms with Crippen LogP contribution in [0.4, 0.5) is 0 Å². The Balaban J connectivity index is 1.49. The number of hydrogen-bond acceptors (Lipinski definition) is 4. The minimum atomic E-state index is 0.150. The second kappa shape index (κ2) is 6.79. The lowest BCUT2D eigenvalue weighted by Gasteiger charge is -2.38. The van der Waals surface area contributed by atoms with Crippen molar-refractivity contribution in [2.24, 2.45) is 5.92 Å². The molecule has 126 valence electrons. The Morgan fingerprint density at radius 3 is 2.71 bits per heavy atom. The van der Waals surface area contributed by atoms with Crippen molar-refractivity contribution in [3.8, 4) is 0 Å². The van der Waals surface area contributed by atoms with Crippen LogP contribution in [-0.4, -0.2) is 29.9 Å². The van der Waals surface area contributed by atoms with Gasteiger partial charge in [-0.25, -0.2) is 0 Å². The van der Waals surface area contributed by atoms with Crippen molar-refractivity contribution in [3.05, 3.63) is 57.8 Å². The van der Waals surface area contributed by atoms with Gasteiger partial charge in [0.2, 0.25) is 0 Å². The van der Waals surface area contributed by atoms with Crippen molar-refractivity contribution in [2.75, 3.05) is 13.1 Å². The molecular formula is C20H23NO2S. The Hall–Kier alpha value is -1.49. The molecule has 0 radical (unpaired) electrons. The molecule has 2 atom stereocenters. The third-order valence-electron chi connectivity index (χ3n) is 4.93. The highest BCUT2D eigenvalue weighted by Crippen LogP contribution is 2.39. The molecule has 1 aliphatic heterocycles. The van der Waals surface area contributed by atoms with Crippen LogP contribution < -0.4 is 0 Å². The molecule has 1 aliphatic carbocycles. The molecule has 2 fully saturated rings. The van der Waals surface area contributed by atoms with Crippen LogP contribution in [0.2, 0.25) is 0 Å². The van der Waals surface area contributed by atoms with Gasteiger partial charge in [-0.05, 0) is 48.3 Å². The Morgan fingerprint density at radius 2 is 2.04 bits per heavy atom. The fourth-order valence-electron chi connectivity index (χ4n) is 3.47. The van der Waals surface area contributed by atoms with Crippen LogP contribution in [0.3, 0.4) is 0 Å². The van der Waals surface area contributed by atoms with Crippen molar-refractivity contribution in [3.63, 3.8) is 0 Å². The van der Waals surface area contributed by atoms with Gasteiger partial charge in [0.25, 0.3) is 0 Å². The number of benzene rings is 1. The van der Waals surface area contributed by atoms with Crippen molar-refractivity contribution in [1.82, 2.24) is 4.90 Å². The zero-order valence-corrected chi connectivity index (χ0v) is 14.8. The highest BCUT2D eigenvalue weighted by atomic mass is 32.1. The third-order valence-corrected chi connectivity index (χ3v) is 6.01. The highest BCUT2D eigenvalue weighted by molar-refractivity contribution is 7.12. The smallest absolute Gasteiger partial charge is 0.169 e. The van der Waals surface area contributed by atoms with E-state index in [2.05, 4.69) is 40.6 Å². The largest absolute Gasteiger partial charge is 0.367 e. The van der Waals surface area contributed by atoms with Gasteiger partial charge in [0, 0.05) is 19.6 Å². The molecule has 1 saturated heterocycles. The van der Waals surface area contributed by atoms with Crippen molar-refractivity contribution >= 4 is 17.1 Å². The topological polar surface area (TPSA) is 29.5 Å². The van der Waals surface area contributed by atoms with Crippen molar-refractivity contribution in [2.45, 2.75) is 38.5 Å². The molecular weight excluding hydrogens is 318 g/mol. The fourth-order valence-corrected chi connectivity index (χ4v) is 4.28. The van der Waals surface area contributed by atoms with E-state index in [-0.39, 0.29) is 11.9 Å². The predicted octanol–water partition coefficient (Wildman–Crippen LogP) is 4.30. The Kier molecular flexibility index (Phi) is 4.53.